The Morgan fingerprint density at radius 1 is 1.40 bits per heavy atom. The van der Waals surface area contributed by atoms with Gasteiger partial charge in [-0.25, -0.2) is 13.1 Å². The Kier molecular flexibility index (Phi) is 6.72. The molecule has 0 rings (SSSR count). The third-order valence-corrected chi connectivity index (χ3v) is 2.15. The van der Waals surface area contributed by atoms with Crippen LogP contribution in [0, 0.1) is 0 Å². The number of rotatable bonds is 6. The predicted octanol–water partition coefficient (Wildman–Crippen LogP) is -1.11. The number of aliphatic imine (C=N–C) groups is 1. The molecule has 0 saturated carbocycles. The Bertz CT molecular complexity index is 311. The largest absolute Gasteiger partial charge is 0.355 e. The summed E-state index contributed by atoms with van der Waals surface area (Å²) in [6.45, 7) is 4.97. The Morgan fingerprint density at radius 3 is 2.53 bits per heavy atom. The highest BCUT2D eigenvalue weighted by Crippen LogP contribution is 1.72. The SMILES string of the molecule is C=CCNC(=NC)NCCNS(C)(=O)=O. The van der Waals surface area contributed by atoms with Crippen LogP contribution in [-0.4, -0.2) is 47.3 Å². The molecule has 0 aliphatic heterocycles. The van der Waals surface area contributed by atoms with Gasteiger partial charge in [0.2, 0.25) is 10.0 Å². The van der Waals surface area contributed by atoms with Crippen molar-refractivity contribution in [3.05, 3.63) is 12.7 Å². The maximum atomic E-state index is 10.7. The van der Waals surface area contributed by atoms with Crippen LogP contribution in [0.3, 0.4) is 0 Å². The number of nitrogens with zero attached hydrogens (tertiary/aromatic N) is 1. The van der Waals surface area contributed by atoms with Crippen LogP contribution in [-0.2, 0) is 10.0 Å². The normalized spacial score (nSPS) is 12.3. The maximum Gasteiger partial charge on any atom is 0.208 e. The number of hydrogen-bond acceptors (Lipinski definition) is 3. The summed E-state index contributed by atoms with van der Waals surface area (Å²) < 4.78 is 23.8. The maximum absolute atomic E-state index is 10.7. The number of hydrogen-bond donors (Lipinski definition) is 3. The molecule has 0 bridgehead atoms. The molecule has 6 nitrogen and oxygen atoms in total. The van der Waals surface area contributed by atoms with E-state index < -0.39 is 10.0 Å². The summed E-state index contributed by atoms with van der Waals surface area (Å²) in [6.07, 6.45) is 2.83. The zero-order valence-corrected chi connectivity index (χ0v) is 9.89. The topological polar surface area (TPSA) is 82.6 Å². The van der Waals surface area contributed by atoms with Gasteiger partial charge in [0.15, 0.2) is 5.96 Å². The molecule has 0 aromatic rings. The van der Waals surface area contributed by atoms with E-state index in [1.165, 1.54) is 0 Å². The van der Waals surface area contributed by atoms with Gasteiger partial charge >= 0.3 is 0 Å². The molecule has 0 aromatic carbocycles. The summed E-state index contributed by atoms with van der Waals surface area (Å²) in [5, 5.41) is 5.90. The lowest BCUT2D eigenvalue weighted by Gasteiger charge is -2.10. The highest BCUT2D eigenvalue weighted by Gasteiger charge is 1.99. The molecule has 0 aromatic heterocycles. The van der Waals surface area contributed by atoms with Crippen LogP contribution in [0.5, 0.6) is 0 Å². The number of sulfonamides is 1. The monoisotopic (exact) mass is 234 g/mol. The average Bonchev–Trinajstić information content (AvgIpc) is 2.15. The second-order valence-corrected chi connectivity index (χ2v) is 4.67. The first-order valence-corrected chi connectivity index (χ1v) is 6.39. The molecule has 0 aliphatic carbocycles. The van der Waals surface area contributed by atoms with E-state index in [-0.39, 0.29) is 0 Å². The number of guanidine groups is 1. The van der Waals surface area contributed by atoms with E-state index in [4.69, 9.17) is 0 Å². The van der Waals surface area contributed by atoms with Gasteiger partial charge in [0.1, 0.15) is 0 Å². The molecular weight excluding hydrogens is 216 g/mol. The molecule has 15 heavy (non-hydrogen) atoms. The fourth-order valence-corrected chi connectivity index (χ4v) is 1.28. The van der Waals surface area contributed by atoms with Crippen LogP contribution in [0.25, 0.3) is 0 Å². The molecule has 3 N–H and O–H groups in total. The van der Waals surface area contributed by atoms with Crippen LogP contribution >= 0.6 is 0 Å². The lowest BCUT2D eigenvalue weighted by atomic mass is 10.6. The van der Waals surface area contributed by atoms with Gasteiger partial charge in [-0.2, -0.15) is 0 Å². The van der Waals surface area contributed by atoms with E-state index >= 15 is 0 Å². The van der Waals surface area contributed by atoms with Gasteiger partial charge in [-0.1, -0.05) is 6.08 Å². The van der Waals surface area contributed by atoms with Gasteiger partial charge in [-0.05, 0) is 0 Å². The lowest BCUT2D eigenvalue weighted by Crippen LogP contribution is -2.41. The Hall–Kier alpha value is -1.08. The van der Waals surface area contributed by atoms with Crippen molar-refractivity contribution in [1.82, 2.24) is 15.4 Å². The first kappa shape index (κ1) is 13.9. The minimum atomic E-state index is -3.11. The molecule has 0 aliphatic rings. The van der Waals surface area contributed by atoms with E-state index in [9.17, 15) is 8.42 Å². The molecule has 0 heterocycles. The molecule has 0 fully saturated rings. The third-order valence-electron chi connectivity index (χ3n) is 1.42. The second-order valence-electron chi connectivity index (χ2n) is 2.84. The Balaban J connectivity index is 3.69. The van der Waals surface area contributed by atoms with E-state index in [0.717, 1.165) is 6.26 Å². The first-order chi connectivity index (χ1) is 6.99. The highest BCUT2D eigenvalue weighted by molar-refractivity contribution is 7.88. The standard InChI is InChI=1S/C8H18N4O2S/c1-4-5-10-8(9-2)11-6-7-12-15(3,13)14/h4,12H,1,5-7H2,2-3H3,(H2,9,10,11). The molecule has 0 amide bonds. The van der Waals surface area contributed by atoms with Gasteiger partial charge < -0.3 is 10.6 Å². The quantitative estimate of drug-likeness (QED) is 0.235. The van der Waals surface area contributed by atoms with Gasteiger partial charge in [0.25, 0.3) is 0 Å². The van der Waals surface area contributed by atoms with Crippen LogP contribution in [0.15, 0.2) is 17.6 Å². The Labute approximate surface area is 90.9 Å². The van der Waals surface area contributed by atoms with Crippen molar-refractivity contribution in [3.8, 4) is 0 Å². The molecule has 0 saturated heterocycles. The van der Waals surface area contributed by atoms with Crippen molar-refractivity contribution < 1.29 is 8.42 Å². The minimum absolute atomic E-state index is 0.327. The van der Waals surface area contributed by atoms with Gasteiger partial charge in [-0.3, -0.25) is 4.99 Å². The third kappa shape index (κ3) is 9.23. The predicted molar refractivity (Wildman–Crippen MR) is 62.4 cm³/mol. The zero-order valence-electron chi connectivity index (χ0n) is 9.08. The first-order valence-electron chi connectivity index (χ1n) is 4.49. The smallest absolute Gasteiger partial charge is 0.208 e. The van der Waals surface area contributed by atoms with Crippen molar-refractivity contribution in [2.45, 2.75) is 0 Å². The number of nitrogens with one attached hydrogen (secondary N) is 3. The molecule has 7 heteroatoms. The van der Waals surface area contributed by atoms with Gasteiger partial charge in [-0.15, -0.1) is 6.58 Å². The fourth-order valence-electron chi connectivity index (χ4n) is 0.807. The fraction of sp³-hybridized carbons (Fsp3) is 0.625. The zero-order chi connectivity index (χ0) is 11.7. The van der Waals surface area contributed by atoms with Crippen molar-refractivity contribution in [1.29, 1.82) is 0 Å². The second kappa shape index (κ2) is 7.24. The van der Waals surface area contributed by atoms with E-state index in [0.29, 0.717) is 25.6 Å². The molecule has 88 valence electrons. The summed E-state index contributed by atoms with van der Waals surface area (Å²) in [4.78, 5) is 3.93. The minimum Gasteiger partial charge on any atom is -0.355 e. The van der Waals surface area contributed by atoms with Gasteiger partial charge in [0, 0.05) is 26.7 Å². The van der Waals surface area contributed by atoms with Crippen molar-refractivity contribution in [2.75, 3.05) is 32.9 Å². The lowest BCUT2D eigenvalue weighted by molar-refractivity contribution is 0.587. The summed E-state index contributed by atoms with van der Waals surface area (Å²) >= 11 is 0. The molecule has 0 atom stereocenters. The van der Waals surface area contributed by atoms with Crippen molar-refractivity contribution >= 4 is 16.0 Å². The summed E-state index contributed by atoms with van der Waals surface area (Å²) in [7, 11) is -1.47. The van der Waals surface area contributed by atoms with E-state index in [1.807, 2.05) is 0 Å². The van der Waals surface area contributed by atoms with Crippen LogP contribution in [0.2, 0.25) is 0 Å². The van der Waals surface area contributed by atoms with E-state index in [1.54, 1.807) is 13.1 Å². The summed E-state index contributed by atoms with van der Waals surface area (Å²) in [5.74, 6) is 0.616. The average molecular weight is 234 g/mol. The van der Waals surface area contributed by atoms with Gasteiger partial charge in [0.05, 0.1) is 6.26 Å². The molecule has 0 unspecified atom stereocenters. The molecule has 0 radical (unpaired) electrons. The van der Waals surface area contributed by atoms with Crippen LogP contribution < -0.4 is 15.4 Å². The Morgan fingerprint density at radius 2 is 2.07 bits per heavy atom. The highest BCUT2D eigenvalue weighted by atomic mass is 32.2. The van der Waals surface area contributed by atoms with Crippen molar-refractivity contribution in [3.63, 3.8) is 0 Å². The van der Waals surface area contributed by atoms with Crippen molar-refractivity contribution in [2.24, 2.45) is 4.99 Å². The van der Waals surface area contributed by atoms with E-state index in [2.05, 4.69) is 26.9 Å². The van der Waals surface area contributed by atoms with Crippen LogP contribution in [0.4, 0.5) is 0 Å². The summed E-state index contributed by atoms with van der Waals surface area (Å²) in [6, 6.07) is 0. The van der Waals surface area contributed by atoms with Crippen LogP contribution in [0.1, 0.15) is 0 Å². The molecular formula is C8H18N4O2S. The molecule has 0 spiro atoms. The summed E-state index contributed by atoms with van der Waals surface area (Å²) in [5.41, 5.74) is 0.